The number of thioether (sulfide) groups is 1. The summed E-state index contributed by atoms with van der Waals surface area (Å²) in [5.41, 5.74) is 1.39. The predicted molar refractivity (Wildman–Crippen MR) is 132 cm³/mol. The molecule has 172 valence electrons. The van der Waals surface area contributed by atoms with Gasteiger partial charge < -0.3 is 9.32 Å². The molecule has 1 amide bonds. The van der Waals surface area contributed by atoms with E-state index in [0.29, 0.717) is 33.2 Å². The van der Waals surface area contributed by atoms with Crippen molar-refractivity contribution in [3.05, 3.63) is 63.8 Å². The molecule has 0 aliphatic rings. The monoisotopic (exact) mass is 501 g/mol. The van der Waals surface area contributed by atoms with E-state index in [1.165, 1.54) is 23.1 Å². The molecule has 10 heteroatoms. The Morgan fingerprint density at radius 1 is 1.15 bits per heavy atom. The number of benzene rings is 1. The second-order valence-corrected chi connectivity index (χ2v) is 9.62. The van der Waals surface area contributed by atoms with Gasteiger partial charge in [-0.15, -0.1) is 21.5 Å². The number of thiazole rings is 1. The van der Waals surface area contributed by atoms with Gasteiger partial charge in [0, 0.05) is 29.2 Å². The molecule has 0 aliphatic carbocycles. The minimum Gasteiger partial charge on any atom is -0.461 e. The summed E-state index contributed by atoms with van der Waals surface area (Å²) in [5, 5.41) is 12.8. The molecule has 3 heterocycles. The van der Waals surface area contributed by atoms with Crippen molar-refractivity contribution >= 4 is 40.6 Å². The molecule has 0 radical (unpaired) electrons. The van der Waals surface area contributed by atoms with E-state index in [9.17, 15) is 4.79 Å². The molecule has 4 rings (SSSR count). The van der Waals surface area contributed by atoms with Gasteiger partial charge in [0.2, 0.25) is 5.82 Å². The number of hydrogen-bond acceptors (Lipinski definition) is 7. The average Bonchev–Trinajstić information content (AvgIpc) is 3.58. The highest BCUT2D eigenvalue weighted by molar-refractivity contribution is 7.98. The first kappa shape index (κ1) is 23.5. The fraction of sp³-hybridized carbons (Fsp3) is 0.304. The fourth-order valence-corrected chi connectivity index (χ4v) is 5.23. The summed E-state index contributed by atoms with van der Waals surface area (Å²) in [4.78, 5) is 19.3. The largest absolute Gasteiger partial charge is 0.461 e. The molecule has 33 heavy (non-hydrogen) atoms. The third-order valence-electron chi connectivity index (χ3n) is 4.83. The molecule has 0 fully saturated rings. The van der Waals surface area contributed by atoms with E-state index >= 15 is 0 Å². The van der Waals surface area contributed by atoms with Gasteiger partial charge in [0.15, 0.2) is 10.9 Å². The molecule has 0 bridgehead atoms. The van der Waals surface area contributed by atoms with Crippen molar-refractivity contribution in [1.82, 2.24) is 24.6 Å². The summed E-state index contributed by atoms with van der Waals surface area (Å²) in [5.74, 6) is 1.80. The molecule has 0 unspecified atom stereocenters. The minimum atomic E-state index is -0.00404. The molecule has 3 aromatic heterocycles. The highest BCUT2D eigenvalue weighted by Gasteiger charge is 2.20. The highest BCUT2D eigenvalue weighted by atomic mass is 35.5. The third-order valence-corrected chi connectivity index (χ3v) is 7.05. The van der Waals surface area contributed by atoms with Gasteiger partial charge >= 0.3 is 0 Å². The van der Waals surface area contributed by atoms with Gasteiger partial charge in [-0.25, -0.2) is 4.98 Å². The molecular weight excluding hydrogens is 478 g/mol. The summed E-state index contributed by atoms with van der Waals surface area (Å²) in [6.07, 6.45) is 3.46. The van der Waals surface area contributed by atoms with Gasteiger partial charge in [-0.05, 0) is 49.2 Å². The topological polar surface area (TPSA) is 77.0 Å². The molecule has 0 aliphatic heterocycles. The molecule has 0 saturated carbocycles. The van der Waals surface area contributed by atoms with Crippen LogP contribution in [0.5, 0.6) is 0 Å². The number of carbonyl (C=O) groups excluding carboxylic acids is 1. The fourth-order valence-electron chi connectivity index (χ4n) is 3.37. The number of halogens is 1. The summed E-state index contributed by atoms with van der Waals surface area (Å²) in [7, 11) is 0. The van der Waals surface area contributed by atoms with Crippen LogP contribution in [-0.4, -0.2) is 43.6 Å². The van der Waals surface area contributed by atoms with Gasteiger partial charge in [0.05, 0.1) is 12.0 Å². The van der Waals surface area contributed by atoms with E-state index in [4.69, 9.17) is 16.0 Å². The Labute approximate surface area is 205 Å². The minimum absolute atomic E-state index is 0.00404. The Morgan fingerprint density at radius 2 is 1.91 bits per heavy atom. The maximum Gasteiger partial charge on any atom is 0.273 e. The molecular formula is C23H24ClN5O2S2. The van der Waals surface area contributed by atoms with Crippen molar-refractivity contribution in [2.75, 3.05) is 13.1 Å². The number of furan rings is 1. The zero-order valence-electron chi connectivity index (χ0n) is 18.4. The number of hydrogen-bond donors (Lipinski definition) is 0. The SMILES string of the molecule is CCCN(CCC)C(=O)c1csc(CSc2nnc(-c3ccco3)n2-c2ccc(Cl)cc2)n1. The van der Waals surface area contributed by atoms with Crippen LogP contribution in [0, 0.1) is 0 Å². The van der Waals surface area contributed by atoms with Crippen LogP contribution in [0.1, 0.15) is 42.2 Å². The lowest BCUT2D eigenvalue weighted by Crippen LogP contribution is -2.32. The number of carbonyl (C=O) groups is 1. The van der Waals surface area contributed by atoms with Crippen molar-refractivity contribution in [2.45, 2.75) is 37.6 Å². The Balaban J connectivity index is 1.55. The van der Waals surface area contributed by atoms with Crippen LogP contribution in [0.2, 0.25) is 5.02 Å². The van der Waals surface area contributed by atoms with Crippen molar-refractivity contribution in [3.8, 4) is 17.3 Å². The van der Waals surface area contributed by atoms with Crippen LogP contribution >= 0.6 is 34.7 Å². The molecule has 4 aromatic rings. The lowest BCUT2D eigenvalue weighted by Gasteiger charge is -2.20. The Kier molecular flexibility index (Phi) is 7.85. The van der Waals surface area contributed by atoms with E-state index in [1.54, 1.807) is 6.26 Å². The second-order valence-electron chi connectivity index (χ2n) is 7.30. The van der Waals surface area contributed by atoms with Crippen LogP contribution in [-0.2, 0) is 5.75 Å². The van der Waals surface area contributed by atoms with Gasteiger partial charge in [0.25, 0.3) is 5.91 Å². The van der Waals surface area contributed by atoms with E-state index < -0.39 is 0 Å². The Hall–Kier alpha value is -2.62. The lowest BCUT2D eigenvalue weighted by atomic mass is 10.3. The summed E-state index contributed by atoms with van der Waals surface area (Å²) < 4.78 is 7.50. The van der Waals surface area contributed by atoms with E-state index in [2.05, 4.69) is 29.0 Å². The van der Waals surface area contributed by atoms with E-state index in [-0.39, 0.29) is 5.91 Å². The predicted octanol–water partition coefficient (Wildman–Crippen LogP) is 6.19. The summed E-state index contributed by atoms with van der Waals surface area (Å²) in [6, 6.07) is 11.2. The smallest absolute Gasteiger partial charge is 0.273 e. The molecule has 7 nitrogen and oxygen atoms in total. The molecule has 0 atom stereocenters. The number of nitrogens with zero attached hydrogens (tertiary/aromatic N) is 5. The van der Waals surface area contributed by atoms with Gasteiger partial charge in [-0.3, -0.25) is 9.36 Å². The Bertz CT molecular complexity index is 1180. The number of amides is 1. The highest BCUT2D eigenvalue weighted by Crippen LogP contribution is 2.31. The normalized spacial score (nSPS) is 11.1. The third kappa shape index (κ3) is 5.48. The van der Waals surface area contributed by atoms with Crippen molar-refractivity contribution < 1.29 is 9.21 Å². The van der Waals surface area contributed by atoms with Crippen LogP contribution in [0.25, 0.3) is 17.3 Å². The molecule has 0 spiro atoms. The Morgan fingerprint density at radius 3 is 2.58 bits per heavy atom. The molecule has 1 aromatic carbocycles. The maximum absolute atomic E-state index is 12.8. The van der Waals surface area contributed by atoms with Gasteiger partial charge in [0.1, 0.15) is 10.7 Å². The first-order valence-electron chi connectivity index (χ1n) is 10.7. The summed E-state index contributed by atoms with van der Waals surface area (Å²) in [6.45, 7) is 5.64. The average molecular weight is 502 g/mol. The van der Waals surface area contributed by atoms with Gasteiger partial charge in [-0.1, -0.05) is 37.2 Å². The van der Waals surface area contributed by atoms with Gasteiger partial charge in [-0.2, -0.15) is 0 Å². The van der Waals surface area contributed by atoms with Crippen molar-refractivity contribution in [1.29, 1.82) is 0 Å². The second kappa shape index (κ2) is 11.0. The van der Waals surface area contributed by atoms with E-state index in [1.807, 2.05) is 51.2 Å². The van der Waals surface area contributed by atoms with E-state index in [0.717, 1.165) is 36.6 Å². The van der Waals surface area contributed by atoms with Crippen LogP contribution in [0.15, 0.2) is 57.6 Å². The quantitative estimate of drug-likeness (QED) is 0.241. The van der Waals surface area contributed by atoms with Crippen LogP contribution in [0.4, 0.5) is 0 Å². The first-order valence-corrected chi connectivity index (χ1v) is 13.0. The zero-order chi connectivity index (χ0) is 23.2. The molecule has 0 N–H and O–H groups in total. The first-order chi connectivity index (χ1) is 16.1. The molecule has 0 saturated heterocycles. The zero-order valence-corrected chi connectivity index (χ0v) is 20.8. The number of rotatable bonds is 10. The number of aromatic nitrogens is 4. The lowest BCUT2D eigenvalue weighted by molar-refractivity contribution is 0.0750. The maximum atomic E-state index is 12.8. The van der Waals surface area contributed by atoms with Crippen LogP contribution in [0.3, 0.4) is 0 Å². The van der Waals surface area contributed by atoms with Crippen LogP contribution < -0.4 is 0 Å². The van der Waals surface area contributed by atoms with Crippen molar-refractivity contribution in [3.63, 3.8) is 0 Å². The summed E-state index contributed by atoms with van der Waals surface area (Å²) >= 11 is 9.08. The van der Waals surface area contributed by atoms with Crippen molar-refractivity contribution in [2.24, 2.45) is 0 Å². The standard InChI is InChI=1S/C23H24ClN5O2S2/c1-3-11-28(12-4-2)22(30)18-14-32-20(25-18)15-33-23-27-26-21(19-6-5-13-31-19)29(23)17-9-7-16(24)8-10-17/h5-10,13-14H,3-4,11-12,15H2,1-2H3.